The lowest BCUT2D eigenvalue weighted by atomic mass is 10.0. The largest absolute Gasteiger partial charge is 0.379 e. The molecule has 0 amide bonds. The average Bonchev–Trinajstić information content (AvgIpc) is 2.75. The van der Waals surface area contributed by atoms with E-state index >= 15 is 0 Å². The Bertz CT molecular complexity index is 1260. The number of aromatic nitrogens is 3. The highest BCUT2D eigenvalue weighted by Crippen LogP contribution is 2.36. The van der Waals surface area contributed by atoms with Crippen LogP contribution in [0.5, 0.6) is 0 Å². The Morgan fingerprint density at radius 2 is 1.74 bits per heavy atom. The molecule has 31 heavy (non-hydrogen) atoms. The van der Waals surface area contributed by atoms with Crippen LogP contribution in [0.1, 0.15) is 11.3 Å². The molecule has 4 nitrogen and oxygen atoms in total. The first-order valence-electron chi connectivity index (χ1n) is 9.61. The van der Waals surface area contributed by atoms with E-state index in [-0.39, 0.29) is 12.4 Å². The summed E-state index contributed by atoms with van der Waals surface area (Å²) in [5.41, 5.74) is 3.78. The van der Waals surface area contributed by atoms with Gasteiger partial charge in [0.25, 0.3) is 0 Å². The Labute approximate surface area is 185 Å². The molecule has 4 rings (SSSR count). The summed E-state index contributed by atoms with van der Waals surface area (Å²) in [6.07, 6.45) is 3.26. The van der Waals surface area contributed by atoms with Crippen molar-refractivity contribution in [1.82, 2.24) is 15.0 Å². The number of nitrogens with one attached hydrogen (secondary N) is 1. The maximum absolute atomic E-state index is 14.9. The molecule has 8 heteroatoms. The molecule has 0 fully saturated rings. The van der Waals surface area contributed by atoms with Gasteiger partial charge in [-0.15, -0.1) is 0 Å². The predicted molar refractivity (Wildman–Crippen MR) is 125 cm³/mol. The number of fused-ring (bicyclic) bond motifs is 1. The molecule has 0 bridgehead atoms. The number of nitrogens with zero attached hydrogens (tertiary/aromatic N) is 3. The molecule has 2 heterocycles. The Morgan fingerprint density at radius 1 is 1.03 bits per heavy atom. The van der Waals surface area contributed by atoms with Gasteiger partial charge in [-0.25, -0.2) is 18.7 Å². The molecule has 0 aliphatic rings. The molecule has 0 radical (unpaired) electrons. The summed E-state index contributed by atoms with van der Waals surface area (Å²) in [5, 5.41) is 4.27. The maximum atomic E-state index is 14.9. The van der Waals surface area contributed by atoms with Gasteiger partial charge in [0.2, 0.25) is 0 Å². The molecule has 2 aromatic carbocycles. The van der Waals surface area contributed by atoms with Crippen molar-refractivity contribution in [3.63, 3.8) is 0 Å². The highest BCUT2D eigenvalue weighted by Gasteiger charge is 2.16. The highest BCUT2D eigenvalue weighted by atomic mass is 35.5. The van der Waals surface area contributed by atoms with E-state index in [9.17, 15) is 8.78 Å². The molecule has 0 spiro atoms. The van der Waals surface area contributed by atoms with E-state index < -0.39 is 13.7 Å². The number of halogens is 3. The van der Waals surface area contributed by atoms with Crippen molar-refractivity contribution in [1.29, 1.82) is 0 Å². The Balaban J connectivity index is 1.80. The second kappa shape index (κ2) is 8.81. The molecule has 158 valence electrons. The Hall–Kier alpha value is -2.69. The van der Waals surface area contributed by atoms with Crippen molar-refractivity contribution in [2.24, 2.45) is 0 Å². The molecule has 4 aromatic rings. The molecule has 0 atom stereocenters. The lowest BCUT2D eigenvalue weighted by molar-refractivity contribution is 0.613. The third-order valence-electron chi connectivity index (χ3n) is 4.94. The number of anilines is 1. The zero-order chi connectivity index (χ0) is 22.1. The van der Waals surface area contributed by atoms with Crippen molar-refractivity contribution in [3.05, 3.63) is 76.7 Å². The summed E-state index contributed by atoms with van der Waals surface area (Å²) in [6, 6.07) is 9.58. The van der Waals surface area contributed by atoms with Crippen molar-refractivity contribution < 1.29 is 8.78 Å². The van der Waals surface area contributed by atoms with Gasteiger partial charge in [0.15, 0.2) is 0 Å². The summed E-state index contributed by atoms with van der Waals surface area (Å²) >= 11 is 6.54. The number of aryl methyl sites for hydroxylation is 1. The molecule has 2 aromatic heterocycles. The molecular weight excluding hydrogens is 437 g/mol. The van der Waals surface area contributed by atoms with E-state index in [0.29, 0.717) is 44.0 Å². The molecule has 0 unspecified atom stereocenters. The van der Waals surface area contributed by atoms with Gasteiger partial charge in [-0.2, -0.15) is 0 Å². The van der Waals surface area contributed by atoms with Gasteiger partial charge in [0, 0.05) is 47.1 Å². The van der Waals surface area contributed by atoms with E-state index in [1.165, 1.54) is 12.1 Å². The summed E-state index contributed by atoms with van der Waals surface area (Å²) < 4.78 is 29.0. The molecular formula is C23H20ClF2N4P. The van der Waals surface area contributed by atoms with Gasteiger partial charge in [-0.1, -0.05) is 29.8 Å². The smallest absolute Gasteiger partial charge is 0.149 e. The number of hydrogen-bond acceptors (Lipinski definition) is 4. The van der Waals surface area contributed by atoms with Gasteiger partial charge >= 0.3 is 0 Å². The minimum atomic E-state index is -0.440. The van der Waals surface area contributed by atoms with Crippen LogP contribution in [-0.4, -0.2) is 28.3 Å². The lowest BCUT2D eigenvalue weighted by Crippen LogP contribution is -2.09. The monoisotopic (exact) mass is 456 g/mol. The van der Waals surface area contributed by atoms with Crippen LogP contribution in [0.15, 0.2) is 48.8 Å². The first-order chi connectivity index (χ1) is 14.8. The predicted octanol–water partition coefficient (Wildman–Crippen LogP) is 5.91. The standard InChI is InChI=1S/C23H20ClF2N4P/c1-13-21(24)22(27-10-14-6-4-5-7-18(14)25)17-8-16(19(26)9-20(17)30-13)15-11-28-23(29-12-15)31(2)3/h4-9,11-12H,10H2,1-3H3,(H,27,30). The number of pyridine rings is 1. The van der Waals surface area contributed by atoms with Gasteiger partial charge in [-0.05, 0) is 40.3 Å². The van der Waals surface area contributed by atoms with Crippen molar-refractivity contribution in [2.75, 3.05) is 18.6 Å². The highest BCUT2D eigenvalue weighted by molar-refractivity contribution is 7.63. The average molecular weight is 457 g/mol. The van der Waals surface area contributed by atoms with E-state index in [4.69, 9.17) is 11.6 Å². The van der Waals surface area contributed by atoms with Gasteiger partial charge in [0.1, 0.15) is 17.2 Å². The van der Waals surface area contributed by atoms with Crippen LogP contribution in [0, 0.1) is 18.6 Å². The van der Waals surface area contributed by atoms with Crippen LogP contribution in [0.25, 0.3) is 22.0 Å². The van der Waals surface area contributed by atoms with Crippen LogP contribution in [-0.2, 0) is 6.54 Å². The van der Waals surface area contributed by atoms with Gasteiger partial charge in [-0.3, -0.25) is 4.98 Å². The van der Waals surface area contributed by atoms with Crippen LogP contribution < -0.4 is 10.9 Å². The van der Waals surface area contributed by atoms with E-state index in [1.807, 2.05) is 0 Å². The number of rotatable bonds is 5. The Kier molecular flexibility index (Phi) is 6.12. The van der Waals surface area contributed by atoms with Crippen molar-refractivity contribution in [3.8, 4) is 11.1 Å². The SMILES string of the molecule is Cc1nc2cc(F)c(-c3cnc(P(C)C)nc3)cc2c(NCc2ccccc2F)c1Cl. The summed E-state index contributed by atoms with van der Waals surface area (Å²) in [4.78, 5) is 13.2. The molecule has 0 saturated carbocycles. The van der Waals surface area contributed by atoms with Gasteiger partial charge < -0.3 is 5.32 Å². The summed E-state index contributed by atoms with van der Waals surface area (Å²) in [7, 11) is -0.440. The maximum Gasteiger partial charge on any atom is 0.149 e. The van der Waals surface area contributed by atoms with Crippen LogP contribution in [0.2, 0.25) is 5.02 Å². The third-order valence-corrected chi connectivity index (χ3v) is 6.44. The fraction of sp³-hybridized carbons (Fsp3) is 0.174. The van der Waals surface area contributed by atoms with E-state index in [1.54, 1.807) is 43.6 Å². The fourth-order valence-electron chi connectivity index (χ4n) is 3.30. The second-order valence-corrected chi connectivity index (χ2v) is 9.91. The summed E-state index contributed by atoms with van der Waals surface area (Å²) in [6.45, 7) is 6.10. The normalized spacial score (nSPS) is 11.3. The quantitative estimate of drug-likeness (QED) is 0.379. The minimum absolute atomic E-state index is 0.228. The lowest BCUT2D eigenvalue weighted by Gasteiger charge is -2.15. The van der Waals surface area contributed by atoms with E-state index in [0.717, 1.165) is 5.57 Å². The minimum Gasteiger partial charge on any atom is -0.379 e. The van der Waals surface area contributed by atoms with Crippen LogP contribution in [0.3, 0.4) is 0 Å². The Morgan fingerprint density at radius 3 is 2.42 bits per heavy atom. The number of hydrogen-bond donors (Lipinski definition) is 1. The van der Waals surface area contributed by atoms with Crippen LogP contribution >= 0.6 is 19.5 Å². The molecule has 0 aliphatic carbocycles. The third kappa shape index (κ3) is 4.36. The topological polar surface area (TPSA) is 50.7 Å². The van der Waals surface area contributed by atoms with Crippen molar-refractivity contribution in [2.45, 2.75) is 13.5 Å². The molecule has 1 N–H and O–H groups in total. The molecule has 0 saturated heterocycles. The fourth-order valence-corrected chi connectivity index (χ4v) is 4.08. The summed E-state index contributed by atoms with van der Waals surface area (Å²) in [5.74, 6) is -0.731. The second-order valence-electron chi connectivity index (χ2n) is 7.35. The zero-order valence-electron chi connectivity index (χ0n) is 17.2. The van der Waals surface area contributed by atoms with Gasteiger partial charge in [0.05, 0.1) is 21.9 Å². The van der Waals surface area contributed by atoms with E-state index in [2.05, 4.69) is 33.6 Å². The number of benzene rings is 2. The zero-order valence-corrected chi connectivity index (χ0v) is 18.9. The van der Waals surface area contributed by atoms with Crippen molar-refractivity contribution >= 4 is 41.7 Å². The van der Waals surface area contributed by atoms with Crippen LogP contribution in [0.4, 0.5) is 14.5 Å². The molecule has 0 aliphatic heterocycles. The first kappa shape index (κ1) is 21.5. The first-order valence-corrected chi connectivity index (χ1v) is 12.2.